The number of carbonyl (C=O) groups is 1. The van der Waals surface area contributed by atoms with Crippen LogP contribution in [-0.2, 0) is 16.2 Å². The molecule has 1 amide bonds. The zero-order valence-corrected chi connectivity index (χ0v) is 19.1. The maximum atomic E-state index is 12.3. The van der Waals surface area contributed by atoms with Gasteiger partial charge in [0.25, 0.3) is 0 Å². The number of aromatic hydroxyl groups is 1. The van der Waals surface area contributed by atoms with Crippen LogP contribution in [0.15, 0.2) is 57.2 Å². The van der Waals surface area contributed by atoms with Crippen molar-refractivity contribution in [1.29, 1.82) is 0 Å². The minimum absolute atomic E-state index is 0.0493. The fraction of sp³-hybridized carbons (Fsp3) is 0.318. The lowest BCUT2D eigenvalue weighted by molar-refractivity contribution is -0.120. The van der Waals surface area contributed by atoms with Gasteiger partial charge < -0.3 is 19.3 Å². The molecule has 32 heavy (non-hydrogen) atoms. The number of ether oxygens (including phenoxy) is 3. The summed E-state index contributed by atoms with van der Waals surface area (Å²) in [6.45, 7) is 3.02. The van der Waals surface area contributed by atoms with Crippen LogP contribution in [-0.4, -0.2) is 60.5 Å². The molecule has 0 unspecified atom stereocenters. The molecule has 0 saturated carbocycles. The number of rotatable bonds is 7. The molecule has 1 fully saturated rings. The SMILES string of the molecule is COc1ccccc1OCC(=O)N=Nc1c(O)n(CN2CCOCC2)c2ccc(Br)cc12. The van der Waals surface area contributed by atoms with Crippen molar-refractivity contribution < 1.29 is 24.1 Å². The Morgan fingerprint density at radius 1 is 1.19 bits per heavy atom. The summed E-state index contributed by atoms with van der Waals surface area (Å²) in [5, 5.41) is 19.4. The highest BCUT2D eigenvalue weighted by Gasteiger charge is 2.20. The summed E-state index contributed by atoms with van der Waals surface area (Å²) in [5.74, 6) is 0.324. The van der Waals surface area contributed by atoms with Gasteiger partial charge in [0.2, 0.25) is 5.88 Å². The molecule has 168 valence electrons. The number of carbonyl (C=O) groups excluding carboxylic acids is 1. The van der Waals surface area contributed by atoms with E-state index in [1.807, 2.05) is 18.2 Å². The molecule has 3 aromatic rings. The highest BCUT2D eigenvalue weighted by atomic mass is 79.9. The van der Waals surface area contributed by atoms with Gasteiger partial charge in [-0.25, -0.2) is 0 Å². The van der Waals surface area contributed by atoms with Crippen molar-refractivity contribution in [3.63, 3.8) is 0 Å². The summed E-state index contributed by atoms with van der Waals surface area (Å²) in [6.07, 6.45) is 0. The van der Waals surface area contributed by atoms with Crippen molar-refractivity contribution in [1.82, 2.24) is 9.47 Å². The highest BCUT2D eigenvalue weighted by molar-refractivity contribution is 9.10. The van der Waals surface area contributed by atoms with Gasteiger partial charge in [-0.15, -0.1) is 10.2 Å². The molecule has 4 rings (SSSR count). The van der Waals surface area contributed by atoms with Gasteiger partial charge in [-0.1, -0.05) is 28.1 Å². The standard InChI is InChI=1S/C22H23BrN4O5/c1-30-18-4-2-3-5-19(18)32-13-20(28)24-25-21-16-12-15(23)6-7-17(16)27(22(21)29)14-26-8-10-31-11-9-26/h2-7,12,29H,8-11,13-14H2,1H3. The van der Waals surface area contributed by atoms with E-state index < -0.39 is 5.91 Å². The van der Waals surface area contributed by atoms with Gasteiger partial charge in [-0.2, -0.15) is 0 Å². The quantitative estimate of drug-likeness (QED) is 0.488. The molecule has 9 nitrogen and oxygen atoms in total. The Bertz CT molecular complexity index is 1140. The van der Waals surface area contributed by atoms with Gasteiger partial charge in [-0.05, 0) is 30.3 Å². The van der Waals surface area contributed by atoms with Crippen molar-refractivity contribution in [3.05, 3.63) is 46.9 Å². The average Bonchev–Trinajstić information content (AvgIpc) is 3.07. The maximum Gasteiger partial charge on any atom is 0.302 e. The molecule has 0 bridgehead atoms. The zero-order valence-electron chi connectivity index (χ0n) is 17.5. The molecular formula is C22H23BrN4O5. The number of fused-ring (bicyclic) bond motifs is 1. The molecule has 0 spiro atoms. The van der Waals surface area contributed by atoms with Gasteiger partial charge >= 0.3 is 5.91 Å². The zero-order chi connectivity index (χ0) is 22.5. The van der Waals surface area contributed by atoms with Gasteiger partial charge in [-0.3, -0.25) is 14.3 Å². The van der Waals surface area contributed by atoms with Crippen LogP contribution in [0.3, 0.4) is 0 Å². The lowest BCUT2D eigenvalue weighted by Crippen LogP contribution is -2.37. The Morgan fingerprint density at radius 2 is 1.94 bits per heavy atom. The van der Waals surface area contributed by atoms with E-state index in [0.29, 0.717) is 36.8 Å². The molecule has 1 aromatic heterocycles. The number of azo groups is 1. The minimum atomic E-state index is -0.584. The van der Waals surface area contributed by atoms with Crippen LogP contribution in [0.5, 0.6) is 17.4 Å². The smallest absolute Gasteiger partial charge is 0.302 e. The molecular weight excluding hydrogens is 480 g/mol. The van der Waals surface area contributed by atoms with E-state index >= 15 is 0 Å². The van der Waals surface area contributed by atoms with Crippen molar-refractivity contribution in [2.75, 3.05) is 40.0 Å². The topological polar surface area (TPSA) is 97.9 Å². The fourth-order valence-corrected chi connectivity index (χ4v) is 3.85. The summed E-state index contributed by atoms with van der Waals surface area (Å²) in [7, 11) is 1.53. The second kappa shape index (κ2) is 10.1. The van der Waals surface area contributed by atoms with E-state index in [4.69, 9.17) is 14.2 Å². The molecule has 0 atom stereocenters. The van der Waals surface area contributed by atoms with Crippen LogP contribution in [0, 0.1) is 0 Å². The first kappa shape index (κ1) is 22.3. The van der Waals surface area contributed by atoms with E-state index in [2.05, 4.69) is 31.1 Å². The average molecular weight is 503 g/mol. The van der Waals surface area contributed by atoms with Crippen LogP contribution in [0.1, 0.15) is 0 Å². The predicted octanol–water partition coefficient (Wildman–Crippen LogP) is 4.10. The number of benzene rings is 2. The molecule has 1 aliphatic heterocycles. The van der Waals surface area contributed by atoms with Crippen molar-refractivity contribution in [3.8, 4) is 17.4 Å². The van der Waals surface area contributed by atoms with Crippen molar-refractivity contribution in [2.45, 2.75) is 6.67 Å². The van der Waals surface area contributed by atoms with E-state index in [1.54, 1.807) is 28.8 Å². The van der Waals surface area contributed by atoms with E-state index in [-0.39, 0.29) is 18.2 Å². The fourth-order valence-electron chi connectivity index (χ4n) is 3.49. The normalized spacial score (nSPS) is 14.8. The number of aromatic nitrogens is 1. The van der Waals surface area contributed by atoms with Crippen molar-refractivity contribution >= 4 is 38.4 Å². The van der Waals surface area contributed by atoms with Crippen molar-refractivity contribution in [2.24, 2.45) is 10.2 Å². The summed E-state index contributed by atoms with van der Waals surface area (Å²) in [6, 6.07) is 12.7. The lowest BCUT2D eigenvalue weighted by Gasteiger charge is -2.27. The van der Waals surface area contributed by atoms with E-state index in [9.17, 15) is 9.90 Å². The van der Waals surface area contributed by atoms with Gasteiger partial charge in [0.15, 0.2) is 23.8 Å². The third-order valence-corrected chi connectivity index (χ3v) is 5.59. The summed E-state index contributed by atoms with van der Waals surface area (Å²) in [4.78, 5) is 14.5. The molecule has 0 radical (unpaired) electrons. The molecule has 0 aliphatic carbocycles. The van der Waals surface area contributed by atoms with Crippen LogP contribution < -0.4 is 9.47 Å². The Kier molecular flexibility index (Phi) is 7.03. The predicted molar refractivity (Wildman–Crippen MR) is 122 cm³/mol. The molecule has 10 heteroatoms. The number of nitrogens with zero attached hydrogens (tertiary/aromatic N) is 4. The second-order valence-corrected chi connectivity index (χ2v) is 8.08. The number of para-hydroxylation sites is 2. The second-order valence-electron chi connectivity index (χ2n) is 7.17. The Balaban J connectivity index is 1.55. The Hall–Kier alpha value is -2.95. The van der Waals surface area contributed by atoms with Crippen LogP contribution in [0.25, 0.3) is 10.9 Å². The first-order valence-corrected chi connectivity index (χ1v) is 10.9. The first-order chi connectivity index (χ1) is 15.6. The first-order valence-electron chi connectivity index (χ1n) is 10.1. The third kappa shape index (κ3) is 4.93. The summed E-state index contributed by atoms with van der Waals surface area (Å²) < 4.78 is 18.7. The van der Waals surface area contributed by atoms with Gasteiger partial charge in [0, 0.05) is 22.9 Å². The number of methoxy groups -OCH3 is 1. The highest BCUT2D eigenvalue weighted by Crippen LogP contribution is 2.40. The number of morpholine rings is 1. The van der Waals surface area contributed by atoms with Gasteiger partial charge in [0.1, 0.15) is 0 Å². The maximum absolute atomic E-state index is 12.3. The number of hydrogen-bond donors (Lipinski definition) is 1. The number of hydrogen-bond acceptors (Lipinski definition) is 7. The molecule has 1 N–H and O–H groups in total. The van der Waals surface area contributed by atoms with E-state index in [1.165, 1.54) is 7.11 Å². The summed E-state index contributed by atoms with van der Waals surface area (Å²) in [5.41, 5.74) is 1.03. The lowest BCUT2D eigenvalue weighted by atomic mass is 10.2. The van der Waals surface area contributed by atoms with Crippen LogP contribution >= 0.6 is 15.9 Å². The molecule has 2 heterocycles. The monoisotopic (exact) mass is 502 g/mol. The van der Waals surface area contributed by atoms with Crippen LogP contribution in [0.4, 0.5) is 5.69 Å². The number of amides is 1. The molecule has 1 aliphatic rings. The largest absolute Gasteiger partial charge is 0.493 e. The molecule has 1 saturated heterocycles. The van der Waals surface area contributed by atoms with E-state index in [0.717, 1.165) is 23.1 Å². The summed E-state index contributed by atoms with van der Waals surface area (Å²) >= 11 is 3.45. The minimum Gasteiger partial charge on any atom is -0.493 e. The Morgan fingerprint density at radius 3 is 2.69 bits per heavy atom. The van der Waals surface area contributed by atoms with Gasteiger partial charge in [0.05, 0.1) is 32.5 Å². The number of halogens is 1. The van der Waals surface area contributed by atoms with Crippen LogP contribution in [0.2, 0.25) is 0 Å². The molecule has 2 aromatic carbocycles. The third-order valence-electron chi connectivity index (χ3n) is 5.10. The Labute approximate surface area is 193 Å².